The number of carbonyl (C=O) groups is 1. The fourth-order valence-corrected chi connectivity index (χ4v) is 2.05. The highest BCUT2D eigenvalue weighted by atomic mass is 35.5. The number of rotatable bonds is 4. The molecule has 0 bridgehead atoms. The maximum atomic E-state index is 13.4. The Morgan fingerprint density at radius 3 is 2.48 bits per heavy atom. The van der Waals surface area contributed by atoms with Crippen molar-refractivity contribution in [1.82, 2.24) is 0 Å². The first kappa shape index (κ1) is 15.3. The van der Waals surface area contributed by atoms with Crippen molar-refractivity contribution < 1.29 is 13.9 Å². The molecule has 1 unspecified atom stereocenters. The zero-order valence-corrected chi connectivity index (χ0v) is 12.4. The van der Waals surface area contributed by atoms with Crippen LogP contribution in [0.2, 0.25) is 5.02 Å². The highest BCUT2D eigenvalue weighted by Gasteiger charge is 2.09. The first-order valence-corrected chi connectivity index (χ1v) is 6.79. The molecule has 0 aliphatic rings. The van der Waals surface area contributed by atoms with Gasteiger partial charge in [-0.3, -0.25) is 0 Å². The molecule has 2 rings (SSSR count). The molecule has 0 aliphatic heterocycles. The number of benzene rings is 2. The standard InChI is InChI=1S/C16H15ClFNO2/c1-10(12-5-8-14(17)15(18)9-12)19-13-6-3-11(4-7-13)16(20)21-2/h3-10,19H,1-2H3. The molecule has 0 saturated heterocycles. The van der Waals surface area contributed by atoms with E-state index >= 15 is 0 Å². The normalized spacial score (nSPS) is 11.8. The minimum Gasteiger partial charge on any atom is -0.465 e. The number of anilines is 1. The molecule has 0 spiro atoms. The highest BCUT2D eigenvalue weighted by molar-refractivity contribution is 6.30. The predicted molar refractivity (Wildman–Crippen MR) is 81.2 cm³/mol. The number of hydrogen-bond acceptors (Lipinski definition) is 3. The summed E-state index contributed by atoms with van der Waals surface area (Å²) >= 11 is 5.67. The molecule has 2 aromatic carbocycles. The second-order valence-electron chi connectivity index (χ2n) is 4.61. The van der Waals surface area contributed by atoms with Crippen molar-refractivity contribution >= 4 is 23.3 Å². The summed E-state index contributed by atoms with van der Waals surface area (Å²) in [6.45, 7) is 1.91. The quantitative estimate of drug-likeness (QED) is 0.849. The van der Waals surface area contributed by atoms with E-state index in [0.717, 1.165) is 11.3 Å². The molecule has 2 aromatic rings. The van der Waals surface area contributed by atoms with Crippen molar-refractivity contribution in [3.63, 3.8) is 0 Å². The third-order valence-corrected chi connectivity index (χ3v) is 3.44. The van der Waals surface area contributed by atoms with Gasteiger partial charge in [-0.2, -0.15) is 0 Å². The first-order valence-electron chi connectivity index (χ1n) is 6.41. The van der Waals surface area contributed by atoms with Gasteiger partial charge >= 0.3 is 5.97 Å². The van der Waals surface area contributed by atoms with Crippen LogP contribution in [0.5, 0.6) is 0 Å². The maximum absolute atomic E-state index is 13.4. The number of esters is 1. The second kappa shape index (κ2) is 6.59. The summed E-state index contributed by atoms with van der Waals surface area (Å²) in [4.78, 5) is 11.3. The van der Waals surface area contributed by atoms with Crippen LogP contribution in [0.3, 0.4) is 0 Å². The zero-order valence-electron chi connectivity index (χ0n) is 11.7. The Morgan fingerprint density at radius 2 is 1.90 bits per heavy atom. The van der Waals surface area contributed by atoms with Gasteiger partial charge in [-0.25, -0.2) is 9.18 Å². The van der Waals surface area contributed by atoms with Gasteiger partial charge < -0.3 is 10.1 Å². The number of halogens is 2. The average Bonchev–Trinajstić information content (AvgIpc) is 2.50. The van der Waals surface area contributed by atoms with Crippen LogP contribution in [0.15, 0.2) is 42.5 Å². The van der Waals surface area contributed by atoms with Crippen molar-refractivity contribution in [1.29, 1.82) is 0 Å². The van der Waals surface area contributed by atoms with Crippen LogP contribution in [-0.4, -0.2) is 13.1 Å². The van der Waals surface area contributed by atoms with Crippen molar-refractivity contribution in [2.45, 2.75) is 13.0 Å². The van der Waals surface area contributed by atoms with Gasteiger partial charge in [-0.1, -0.05) is 17.7 Å². The number of ether oxygens (including phenoxy) is 1. The fraction of sp³-hybridized carbons (Fsp3) is 0.188. The van der Waals surface area contributed by atoms with E-state index in [1.54, 1.807) is 30.3 Å². The lowest BCUT2D eigenvalue weighted by molar-refractivity contribution is 0.0601. The van der Waals surface area contributed by atoms with Gasteiger partial charge in [0, 0.05) is 11.7 Å². The monoisotopic (exact) mass is 307 g/mol. The van der Waals surface area contributed by atoms with Crippen molar-refractivity contribution in [2.24, 2.45) is 0 Å². The lowest BCUT2D eigenvalue weighted by atomic mass is 10.1. The average molecular weight is 308 g/mol. The zero-order chi connectivity index (χ0) is 15.4. The lowest BCUT2D eigenvalue weighted by Crippen LogP contribution is -2.07. The van der Waals surface area contributed by atoms with Crippen LogP contribution in [0, 0.1) is 5.82 Å². The Kier molecular flexibility index (Phi) is 4.81. The molecule has 0 heterocycles. The molecular formula is C16H15ClFNO2. The van der Waals surface area contributed by atoms with E-state index in [1.165, 1.54) is 19.2 Å². The van der Waals surface area contributed by atoms with Crippen LogP contribution in [0.4, 0.5) is 10.1 Å². The molecule has 0 aromatic heterocycles. The van der Waals surface area contributed by atoms with Crippen LogP contribution < -0.4 is 5.32 Å². The van der Waals surface area contributed by atoms with E-state index in [0.29, 0.717) is 5.56 Å². The number of methoxy groups -OCH3 is 1. The van der Waals surface area contributed by atoms with Crippen LogP contribution >= 0.6 is 11.6 Å². The van der Waals surface area contributed by atoms with E-state index in [9.17, 15) is 9.18 Å². The summed E-state index contributed by atoms with van der Waals surface area (Å²) in [5, 5.41) is 3.33. The van der Waals surface area contributed by atoms with E-state index in [-0.39, 0.29) is 17.0 Å². The van der Waals surface area contributed by atoms with Crippen molar-refractivity contribution in [3.05, 3.63) is 64.4 Å². The molecule has 0 radical (unpaired) electrons. The second-order valence-corrected chi connectivity index (χ2v) is 5.02. The topological polar surface area (TPSA) is 38.3 Å². The van der Waals surface area contributed by atoms with Crippen LogP contribution in [0.1, 0.15) is 28.9 Å². The summed E-state index contributed by atoms with van der Waals surface area (Å²) in [7, 11) is 1.34. The fourth-order valence-electron chi connectivity index (χ4n) is 1.94. The third kappa shape index (κ3) is 3.73. The lowest BCUT2D eigenvalue weighted by Gasteiger charge is -2.16. The third-order valence-electron chi connectivity index (χ3n) is 3.13. The SMILES string of the molecule is COC(=O)c1ccc(NC(C)c2ccc(Cl)c(F)c2)cc1. The highest BCUT2D eigenvalue weighted by Crippen LogP contribution is 2.23. The summed E-state index contributed by atoms with van der Waals surface area (Å²) < 4.78 is 18.1. The van der Waals surface area contributed by atoms with Crippen LogP contribution in [-0.2, 0) is 4.74 Å². The molecule has 0 fully saturated rings. The Balaban J connectivity index is 2.10. The minimum atomic E-state index is -0.441. The Bertz CT molecular complexity index is 643. The van der Waals surface area contributed by atoms with Gasteiger partial charge in [0.05, 0.1) is 17.7 Å². The number of hydrogen-bond donors (Lipinski definition) is 1. The minimum absolute atomic E-state index is 0.0965. The predicted octanol–water partition coefficient (Wildman–Crippen LogP) is 4.44. The molecule has 0 amide bonds. The smallest absolute Gasteiger partial charge is 0.337 e. The molecule has 1 atom stereocenters. The van der Waals surface area contributed by atoms with Crippen LogP contribution in [0.25, 0.3) is 0 Å². The Morgan fingerprint density at radius 1 is 1.24 bits per heavy atom. The summed E-state index contributed by atoms with van der Waals surface area (Å²) in [5.41, 5.74) is 2.09. The molecule has 21 heavy (non-hydrogen) atoms. The van der Waals surface area contributed by atoms with Gasteiger partial charge in [0.2, 0.25) is 0 Å². The number of carbonyl (C=O) groups excluding carboxylic acids is 1. The summed E-state index contributed by atoms with van der Waals surface area (Å²) in [6, 6.07) is 11.5. The molecule has 0 aliphatic carbocycles. The van der Waals surface area contributed by atoms with Gasteiger partial charge in [0.25, 0.3) is 0 Å². The molecular weight excluding hydrogens is 293 g/mol. The molecule has 0 saturated carbocycles. The number of nitrogens with one attached hydrogen (secondary N) is 1. The summed E-state index contributed by atoms with van der Waals surface area (Å²) in [6.07, 6.45) is 0. The van der Waals surface area contributed by atoms with E-state index in [2.05, 4.69) is 10.1 Å². The van der Waals surface area contributed by atoms with E-state index in [4.69, 9.17) is 11.6 Å². The maximum Gasteiger partial charge on any atom is 0.337 e. The Hall–Kier alpha value is -2.07. The van der Waals surface area contributed by atoms with E-state index in [1.807, 2.05) is 6.92 Å². The molecule has 5 heteroatoms. The van der Waals surface area contributed by atoms with E-state index < -0.39 is 5.82 Å². The van der Waals surface area contributed by atoms with Crippen molar-refractivity contribution in [2.75, 3.05) is 12.4 Å². The largest absolute Gasteiger partial charge is 0.465 e. The molecule has 110 valence electrons. The first-order chi connectivity index (χ1) is 10.0. The summed E-state index contributed by atoms with van der Waals surface area (Å²) in [5.74, 6) is -0.821. The van der Waals surface area contributed by atoms with Gasteiger partial charge in [-0.15, -0.1) is 0 Å². The van der Waals surface area contributed by atoms with Gasteiger partial charge in [0.1, 0.15) is 5.82 Å². The molecule has 1 N–H and O–H groups in total. The van der Waals surface area contributed by atoms with Gasteiger partial charge in [0.15, 0.2) is 0 Å². The van der Waals surface area contributed by atoms with Crippen molar-refractivity contribution in [3.8, 4) is 0 Å². The van der Waals surface area contributed by atoms with Gasteiger partial charge in [-0.05, 0) is 48.9 Å². The molecule has 3 nitrogen and oxygen atoms in total. The Labute approximate surface area is 127 Å².